The molecule has 3 rings (SSSR count). The Morgan fingerprint density at radius 2 is 1.89 bits per heavy atom. The summed E-state index contributed by atoms with van der Waals surface area (Å²) in [7, 11) is 0. The van der Waals surface area contributed by atoms with E-state index in [9.17, 15) is 0 Å². The molecule has 0 aromatic heterocycles. The highest BCUT2D eigenvalue weighted by atomic mass is 35.5. The van der Waals surface area contributed by atoms with Gasteiger partial charge in [-0.25, -0.2) is 0 Å². The molecular weight excluding hydrogens is 256 g/mol. The molecule has 1 aliphatic rings. The molecule has 0 N–H and O–H groups in total. The van der Waals surface area contributed by atoms with Crippen LogP contribution in [0.1, 0.15) is 24.0 Å². The second-order valence-corrected chi connectivity index (χ2v) is 5.45. The summed E-state index contributed by atoms with van der Waals surface area (Å²) in [4.78, 5) is 0. The van der Waals surface area contributed by atoms with Crippen molar-refractivity contribution in [1.29, 1.82) is 0 Å². The van der Waals surface area contributed by atoms with Crippen LogP contribution in [0.4, 0.5) is 0 Å². The Labute approximate surface area is 119 Å². The third kappa shape index (κ3) is 2.93. The fraction of sp³-hybridized carbons (Fsp3) is 0.294. The molecule has 1 unspecified atom stereocenters. The van der Waals surface area contributed by atoms with Gasteiger partial charge in [0, 0.05) is 17.0 Å². The van der Waals surface area contributed by atoms with Crippen LogP contribution in [0, 0.1) is 0 Å². The van der Waals surface area contributed by atoms with Crippen LogP contribution in [0.25, 0.3) is 0 Å². The van der Waals surface area contributed by atoms with Gasteiger partial charge in [0.25, 0.3) is 0 Å². The van der Waals surface area contributed by atoms with Crippen LogP contribution in [0.2, 0.25) is 5.02 Å². The summed E-state index contributed by atoms with van der Waals surface area (Å²) in [6.07, 6.45) is 4.59. The van der Waals surface area contributed by atoms with E-state index in [0.29, 0.717) is 6.10 Å². The van der Waals surface area contributed by atoms with Crippen LogP contribution < -0.4 is 4.74 Å². The standard InChI is InChI=1S/C17H17ClO/c18-16-10-5-11-17-15(16)12-14(19-17)9-4-8-13-6-2-1-3-7-13/h1-3,5-7,10-11,14H,4,8-9,12H2. The van der Waals surface area contributed by atoms with E-state index in [2.05, 4.69) is 30.3 Å². The van der Waals surface area contributed by atoms with Crippen molar-refractivity contribution >= 4 is 11.6 Å². The first-order valence-electron chi connectivity index (χ1n) is 6.81. The normalized spacial score (nSPS) is 17.0. The van der Waals surface area contributed by atoms with Crippen molar-refractivity contribution in [2.45, 2.75) is 31.8 Å². The van der Waals surface area contributed by atoms with Crippen LogP contribution in [0.15, 0.2) is 48.5 Å². The molecule has 19 heavy (non-hydrogen) atoms. The molecule has 2 aromatic carbocycles. The summed E-state index contributed by atoms with van der Waals surface area (Å²) >= 11 is 6.18. The number of hydrogen-bond donors (Lipinski definition) is 0. The van der Waals surface area contributed by atoms with E-state index < -0.39 is 0 Å². The van der Waals surface area contributed by atoms with Crippen LogP contribution in [-0.2, 0) is 12.8 Å². The van der Waals surface area contributed by atoms with Crippen LogP contribution >= 0.6 is 11.6 Å². The second kappa shape index (κ2) is 5.66. The van der Waals surface area contributed by atoms with Gasteiger partial charge in [0.05, 0.1) is 0 Å². The molecule has 0 spiro atoms. The highest BCUT2D eigenvalue weighted by Gasteiger charge is 2.24. The zero-order valence-electron chi connectivity index (χ0n) is 10.8. The molecule has 1 nitrogen and oxygen atoms in total. The van der Waals surface area contributed by atoms with Crippen molar-refractivity contribution in [2.75, 3.05) is 0 Å². The van der Waals surface area contributed by atoms with E-state index >= 15 is 0 Å². The summed E-state index contributed by atoms with van der Waals surface area (Å²) < 4.78 is 5.94. The summed E-state index contributed by atoms with van der Waals surface area (Å²) in [5.74, 6) is 0.970. The lowest BCUT2D eigenvalue weighted by atomic mass is 10.0. The first-order chi connectivity index (χ1) is 9.33. The number of benzene rings is 2. The van der Waals surface area contributed by atoms with Crippen molar-refractivity contribution in [3.63, 3.8) is 0 Å². The molecule has 1 heterocycles. The van der Waals surface area contributed by atoms with Gasteiger partial charge in [-0.1, -0.05) is 48.0 Å². The molecular formula is C17H17ClO. The van der Waals surface area contributed by atoms with E-state index in [1.807, 2.05) is 18.2 Å². The summed E-state index contributed by atoms with van der Waals surface area (Å²) in [5.41, 5.74) is 2.57. The molecule has 0 radical (unpaired) electrons. The fourth-order valence-corrected chi connectivity index (χ4v) is 2.88. The molecule has 0 aliphatic carbocycles. The van der Waals surface area contributed by atoms with Crippen molar-refractivity contribution in [3.8, 4) is 5.75 Å². The maximum Gasteiger partial charge on any atom is 0.124 e. The molecule has 1 aliphatic heterocycles. The summed E-state index contributed by atoms with van der Waals surface area (Å²) in [6.45, 7) is 0. The van der Waals surface area contributed by atoms with Gasteiger partial charge in [-0.2, -0.15) is 0 Å². The van der Waals surface area contributed by atoms with Crippen LogP contribution in [0.5, 0.6) is 5.75 Å². The summed E-state index contributed by atoms with van der Waals surface area (Å²) in [5, 5.41) is 0.836. The van der Waals surface area contributed by atoms with E-state index in [4.69, 9.17) is 16.3 Å². The number of ether oxygens (including phenoxy) is 1. The molecule has 0 fully saturated rings. The Balaban J connectivity index is 1.53. The van der Waals surface area contributed by atoms with E-state index in [1.54, 1.807) is 0 Å². The first kappa shape index (κ1) is 12.6. The number of aryl methyl sites for hydroxylation is 1. The van der Waals surface area contributed by atoms with Gasteiger partial charge in [-0.15, -0.1) is 0 Å². The van der Waals surface area contributed by atoms with Gasteiger partial charge in [0.2, 0.25) is 0 Å². The highest BCUT2D eigenvalue weighted by Crippen LogP contribution is 2.35. The van der Waals surface area contributed by atoms with Crippen molar-refractivity contribution in [2.24, 2.45) is 0 Å². The van der Waals surface area contributed by atoms with Gasteiger partial charge in [0.1, 0.15) is 11.9 Å². The Bertz CT molecular complexity index is 550. The lowest BCUT2D eigenvalue weighted by Crippen LogP contribution is -2.12. The zero-order valence-corrected chi connectivity index (χ0v) is 11.6. The van der Waals surface area contributed by atoms with Gasteiger partial charge < -0.3 is 4.74 Å². The Hall–Kier alpha value is -1.47. The minimum Gasteiger partial charge on any atom is -0.490 e. The SMILES string of the molecule is Clc1cccc2c1CC(CCCc1ccccc1)O2. The van der Waals surface area contributed by atoms with Gasteiger partial charge in [0.15, 0.2) is 0 Å². The minimum atomic E-state index is 0.290. The predicted molar refractivity (Wildman–Crippen MR) is 79.0 cm³/mol. The molecule has 0 bridgehead atoms. The quantitative estimate of drug-likeness (QED) is 0.786. The predicted octanol–water partition coefficient (Wildman–Crippen LogP) is 4.67. The lowest BCUT2D eigenvalue weighted by Gasteiger charge is -2.10. The van der Waals surface area contributed by atoms with Gasteiger partial charge in [-0.05, 0) is 37.0 Å². The number of hydrogen-bond acceptors (Lipinski definition) is 1. The third-order valence-electron chi connectivity index (χ3n) is 3.64. The number of rotatable bonds is 4. The van der Waals surface area contributed by atoms with Crippen LogP contribution in [-0.4, -0.2) is 6.10 Å². The van der Waals surface area contributed by atoms with Crippen molar-refractivity contribution in [1.82, 2.24) is 0 Å². The van der Waals surface area contributed by atoms with E-state index in [-0.39, 0.29) is 0 Å². The number of halogens is 1. The van der Waals surface area contributed by atoms with Crippen molar-refractivity contribution < 1.29 is 4.74 Å². The smallest absolute Gasteiger partial charge is 0.124 e. The fourth-order valence-electron chi connectivity index (χ4n) is 2.64. The van der Waals surface area contributed by atoms with Crippen molar-refractivity contribution in [3.05, 3.63) is 64.7 Å². The first-order valence-corrected chi connectivity index (χ1v) is 7.19. The topological polar surface area (TPSA) is 9.23 Å². The molecule has 2 heteroatoms. The van der Waals surface area contributed by atoms with Crippen LogP contribution in [0.3, 0.4) is 0 Å². The second-order valence-electron chi connectivity index (χ2n) is 5.04. The molecule has 2 aromatic rings. The molecule has 98 valence electrons. The Morgan fingerprint density at radius 1 is 1.05 bits per heavy atom. The monoisotopic (exact) mass is 272 g/mol. The molecule has 1 atom stereocenters. The average molecular weight is 273 g/mol. The Morgan fingerprint density at radius 3 is 2.68 bits per heavy atom. The maximum absolute atomic E-state index is 6.18. The van der Waals surface area contributed by atoms with E-state index in [1.165, 1.54) is 11.1 Å². The van der Waals surface area contributed by atoms with Gasteiger partial charge >= 0.3 is 0 Å². The van der Waals surface area contributed by atoms with E-state index in [0.717, 1.165) is 36.5 Å². The largest absolute Gasteiger partial charge is 0.490 e. The lowest BCUT2D eigenvalue weighted by molar-refractivity contribution is 0.218. The highest BCUT2D eigenvalue weighted by molar-refractivity contribution is 6.31. The maximum atomic E-state index is 6.18. The molecule has 0 saturated carbocycles. The zero-order chi connectivity index (χ0) is 13.1. The average Bonchev–Trinajstić information content (AvgIpc) is 2.84. The molecule has 0 amide bonds. The molecule has 0 saturated heterocycles. The third-order valence-corrected chi connectivity index (χ3v) is 3.99. The number of fused-ring (bicyclic) bond motifs is 1. The minimum absolute atomic E-state index is 0.290. The Kier molecular flexibility index (Phi) is 3.74. The van der Waals surface area contributed by atoms with Gasteiger partial charge in [-0.3, -0.25) is 0 Å². The summed E-state index contributed by atoms with van der Waals surface area (Å²) in [6, 6.07) is 16.5.